The number of nitrogens with one attached hydrogen (secondary N) is 1. The van der Waals surface area contributed by atoms with Gasteiger partial charge in [-0.05, 0) is 48.7 Å². The first-order chi connectivity index (χ1) is 16.9. The molecule has 2 aromatic carbocycles. The zero-order valence-corrected chi connectivity index (χ0v) is 19.7. The number of carbonyl (C=O) groups is 4. The van der Waals surface area contributed by atoms with Crippen LogP contribution in [0.3, 0.4) is 0 Å². The third kappa shape index (κ3) is 5.33. The number of rotatable bonds is 8. The van der Waals surface area contributed by atoms with Crippen molar-refractivity contribution >= 4 is 40.5 Å². The average Bonchev–Trinajstić information content (AvgIpc) is 3.45. The summed E-state index contributed by atoms with van der Waals surface area (Å²) in [5.74, 6) is -0.620. The van der Waals surface area contributed by atoms with E-state index in [0.29, 0.717) is 40.3 Å². The number of hydrogen-bond donors (Lipinski definition) is 1. The third-order valence-corrected chi connectivity index (χ3v) is 6.35. The van der Waals surface area contributed by atoms with Gasteiger partial charge in [-0.1, -0.05) is 18.2 Å². The van der Waals surface area contributed by atoms with Crippen LogP contribution in [0.15, 0.2) is 42.5 Å². The van der Waals surface area contributed by atoms with Crippen LogP contribution in [-0.4, -0.2) is 44.6 Å². The van der Waals surface area contributed by atoms with Crippen molar-refractivity contribution < 1.29 is 38.1 Å². The number of fused-ring (bicyclic) bond motifs is 1. The molecule has 1 N–H and O–H groups in total. The van der Waals surface area contributed by atoms with Gasteiger partial charge in [0.15, 0.2) is 18.1 Å². The van der Waals surface area contributed by atoms with Crippen LogP contribution in [0.4, 0.5) is 5.00 Å². The van der Waals surface area contributed by atoms with Gasteiger partial charge in [-0.2, -0.15) is 0 Å². The fourth-order valence-corrected chi connectivity index (χ4v) is 4.60. The zero-order valence-electron chi connectivity index (χ0n) is 18.9. The Hall–Kier alpha value is -4.18. The quantitative estimate of drug-likeness (QED) is 0.371. The van der Waals surface area contributed by atoms with E-state index >= 15 is 0 Å². The number of hydrogen-bond acceptors (Lipinski definition) is 9. The van der Waals surface area contributed by atoms with Crippen LogP contribution >= 0.6 is 11.3 Å². The van der Waals surface area contributed by atoms with E-state index in [1.165, 1.54) is 42.7 Å². The minimum Gasteiger partial charge on any atom is -0.465 e. The molecule has 0 atom stereocenters. The van der Waals surface area contributed by atoms with Crippen molar-refractivity contribution in [2.45, 2.75) is 13.3 Å². The molecule has 9 nitrogen and oxygen atoms in total. The molecule has 10 heteroatoms. The Morgan fingerprint density at radius 2 is 1.80 bits per heavy atom. The molecule has 0 bridgehead atoms. The Labute approximate surface area is 204 Å². The highest BCUT2D eigenvalue weighted by Crippen LogP contribution is 2.37. The Morgan fingerprint density at radius 1 is 1.06 bits per heavy atom. The highest BCUT2D eigenvalue weighted by Gasteiger charge is 2.25. The SMILES string of the molecule is COC(=O)c1c(NC(=O)COC(=O)c2ccc(C=O)cc2)sc(C)c1Cc1ccc2c(c1)OCO2. The summed E-state index contributed by atoms with van der Waals surface area (Å²) in [5.41, 5.74) is 2.48. The predicted octanol–water partition coefficient (Wildman–Crippen LogP) is 3.77. The summed E-state index contributed by atoms with van der Waals surface area (Å²) in [6, 6.07) is 11.4. The van der Waals surface area contributed by atoms with E-state index in [2.05, 4.69) is 5.32 Å². The Bertz CT molecular complexity index is 1300. The van der Waals surface area contributed by atoms with Crippen molar-refractivity contribution in [3.63, 3.8) is 0 Å². The van der Waals surface area contributed by atoms with E-state index in [9.17, 15) is 19.2 Å². The molecule has 0 aliphatic carbocycles. The van der Waals surface area contributed by atoms with E-state index in [-0.39, 0.29) is 17.9 Å². The molecule has 2 heterocycles. The summed E-state index contributed by atoms with van der Waals surface area (Å²) in [7, 11) is 1.27. The van der Waals surface area contributed by atoms with Crippen molar-refractivity contribution in [3.8, 4) is 11.5 Å². The van der Waals surface area contributed by atoms with Crippen LogP contribution < -0.4 is 14.8 Å². The molecule has 35 heavy (non-hydrogen) atoms. The first kappa shape index (κ1) is 24.0. The number of carbonyl (C=O) groups excluding carboxylic acids is 4. The molecule has 0 saturated heterocycles. The zero-order chi connectivity index (χ0) is 24.9. The van der Waals surface area contributed by atoms with Gasteiger partial charge >= 0.3 is 11.9 Å². The monoisotopic (exact) mass is 495 g/mol. The predicted molar refractivity (Wildman–Crippen MR) is 127 cm³/mol. The van der Waals surface area contributed by atoms with Gasteiger partial charge in [-0.15, -0.1) is 11.3 Å². The molecule has 1 amide bonds. The van der Waals surface area contributed by atoms with Gasteiger partial charge in [0.2, 0.25) is 6.79 Å². The summed E-state index contributed by atoms with van der Waals surface area (Å²) >= 11 is 1.23. The summed E-state index contributed by atoms with van der Waals surface area (Å²) in [6.07, 6.45) is 1.07. The third-order valence-electron chi connectivity index (χ3n) is 5.29. The number of esters is 2. The van der Waals surface area contributed by atoms with Crippen LogP contribution in [0.2, 0.25) is 0 Å². The van der Waals surface area contributed by atoms with Crippen molar-refractivity contribution in [1.29, 1.82) is 0 Å². The molecule has 3 aromatic rings. The molecule has 180 valence electrons. The fourth-order valence-electron chi connectivity index (χ4n) is 3.53. The molecule has 4 rings (SSSR count). The van der Waals surface area contributed by atoms with Crippen molar-refractivity contribution in [2.24, 2.45) is 0 Å². The van der Waals surface area contributed by atoms with Crippen molar-refractivity contribution in [3.05, 3.63) is 75.2 Å². The highest BCUT2D eigenvalue weighted by molar-refractivity contribution is 7.16. The molecule has 1 aliphatic rings. The van der Waals surface area contributed by atoms with Crippen molar-refractivity contribution in [1.82, 2.24) is 0 Å². The van der Waals surface area contributed by atoms with E-state index in [4.69, 9.17) is 18.9 Å². The van der Waals surface area contributed by atoms with Gasteiger partial charge in [0.1, 0.15) is 11.3 Å². The number of amides is 1. The lowest BCUT2D eigenvalue weighted by Gasteiger charge is -2.09. The van der Waals surface area contributed by atoms with Crippen LogP contribution in [0.1, 0.15) is 47.1 Å². The molecule has 0 fully saturated rings. The average molecular weight is 496 g/mol. The lowest BCUT2D eigenvalue weighted by molar-refractivity contribution is -0.119. The van der Waals surface area contributed by atoms with E-state index in [1.54, 1.807) is 6.07 Å². The number of methoxy groups -OCH3 is 1. The Morgan fingerprint density at radius 3 is 2.51 bits per heavy atom. The molecule has 0 unspecified atom stereocenters. The maximum atomic E-state index is 12.6. The van der Waals surface area contributed by atoms with Gasteiger partial charge in [0.05, 0.1) is 18.2 Å². The number of anilines is 1. The standard InChI is InChI=1S/C25H21NO8S/c1-14-18(9-16-5-8-19-20(10-16)34-13-33-19)22(25(30)31-2)23(35-14)26-21(28)12-32-24(29)17-6-3-15(11-27)4-7-17/h3-8,10-11H,9,12-13H2,1-2H3,(H,26,28). The molecule has 0 spiro atoms. The molecule has 1 aliphatic heterocycles. The van der Waals surface area contributed by atoms with Gasteiger partial charge in [-0.25, -0.2) is 9.59 Å². The van der Waals surface area contributed by atoms with Crippen LogP contribution in [-0.2, 0) is 20.7 Å². The first-order valence-corrected chi connectivity index (χ1v) is 11.3. The van der Waals surface area contributed by atoms with E-state index in [0.717, 1.165) is 10.4 Å². The number of aryl methyl sites for hydroxylation is 1. The first-order valence-electron chi connectivity index (χ1n) is 10.5. The summed E-state index contributed by atoms with van der Waals surface area (Å²) in [5, 5.41) is 2.96. The lowest BCUT2D eigenvalue weighted by atomic mass is 10.0. The summed E-state index contributed by atoms with van der Waals surface area (Å²) < 4.78 is 20.8. The number of thiophene rings is 1. The molecule has 1 aromatic heterocycles. The highest BCUT2D eigenvalue weighted by atomic mass is 32.1. The number of ether oxygens (including phenoxy) is 4. The fraction of sp³-hybridized carbons (Fsp3) is 0.200. The summed E-state index contributed by atoms with van der Waals surface area (Å²) in [6.45, 7) is 1.45. The van der Waals surface area contributed by atoms with Gasteiger partial charge in [0.25, 0.3) is 5.91 Å². The second kappa shape index (κ2) is 10.4. The molecular weight excluding hydrogens is 474 g/mol. The Kier molecular flexibility index (Phi) is 7.11. The number of aldehydes is 1. The lowest BCUT2D eigenvalue weighted by Crippen LogP contribution is -2.21. The Balaban J connectivity index is 1.47. The number of benzene rings is 2. The maximum Gasteiger partial charge on any atom is 0.341 e. The van der Waals surface area contributed by atoms with Gasteiger partial charge < -0.3 is 24.3 Å². The van der Waals surface area contributed by atoms with Gasteiger partial charge in [-0.3, -0.25) is 9.59 Å². The molecular formula is C25H21NO8S. The topological polar surface area (TPSA) is 117 Å². The largest absolute Gasteiger partial charge is 0.465 e. The van der Waals surface area contributed by atoms with Crippen molar-refractivity contribution in [2.75, 3.05) is 25.8 Å². The second-order valence-electron chi connectivity index (χ2n) is 7.56. The minimum atomic E-state index is -0.711. The normalized spacial score (nSPS) is 11.6. The smallest absolute Gasteiger partial charge is 0.341 e. The van der Waals surface area contributed by atoms with Crippen LogP contribution in [0.5, 0.6) is 11.5 Å². The van der Waals surface area contributed by atoms with Crippen LogP contribution in [0, 0.1) is 6.92 Å². The van der Waals surface area contributed by atoms with Crippen LogP contribution in [0.25, 0.3) is 0 Å². The molecule has 0 radical (unpaired) electrons. The van der Waals surface area contributed by atoms with E-state index < -0.39 is 24.5 Å². The summed E-state index contributed by atoms with van der Waals surface area (Å²) in [4.78, 5) is 48.9. The second-order valence-corrected chi connectivity index (χ2v) is 8.79. The minimum absolute atomic E-state index is 0.161. The van der Waals surface area contributed by atoms with Gasteiger partial charge in [0, 0.05) is 10.4 Å². The maximum absolute atomic E-state index is 12.6. The molecule has 0 saturated carbocycles. The van der Waals surface area contributed by atoms with E-state index in [1.807, 2.05) is 19.1 Å².